The van der Waals surface area contributed by atoms with Crippen molar-refractivity contribution in [3.8, 4) is 0 Å². The predicted octanol–water partition coefficient (Wildman–Crippen LogP) is 4.55. The van der Waals surface area contributed by atoms with Crippen LogP contribution in [0.15, 0.2) is 110 Å². The van der Waals surface area contributed by atoms with Gasteiger partial charge in [0, 0.05) is 62.1 Å². The van der Waals surface area contributed by atoms with E-state index >= 15 is 0 Å². The van der Waals surface area contributed by atoms with Gasteiger partial charge in [0.25, 0.3) is 0 Å². The van der Waals surface area contributed by atoms with Gasteiger partial charge in [-0.25, -0.2) is 0 Å². The van der Waals surface area contributed by atoms with Crippen molar-refractivity contribution < 1.29 is 9.47 Å². The summed E-state index contributed by atoms with van der Waals surface area (Å²) in [6, 6.07) is 29.4. The van der Waals surface area contributed by atoms with E-state index in [-0.39, 0.29) is 0 Å². The Balaban J connectivity index is 1.56. The first kappa shape index (κ1) is 23.0. The van der Waals surface area contributed by atoms with Crippen molar-refractivity contribution >= 4 is 0 Å². The van der Waals surface area contributed by atoms with Crippen molar-refractivity contribution in [3.63, 3.8) is 0 Å². The molecule has 4 heterocycles. The summed E-state index contributed by atoms with van der Waals surface area (Å²) in [6.45, 7) is 4.24. The summed E-state index contributed by atoms with van der Waals surface area (Å²) in [6.07, 6.45) is 7.37. The molecule has 2 aromatic heterocycles. The average Bonchev–Trinajstić information content (AvgIpc) is 3.56. The number of nitrogens with zero attached hydrogens (tertiary/aromatic N) is 4. The molecule has 2 fully saturated rings. The third-order valence-electron chi connectivity index (χ3n) is 7.27. The minimum absolute atomic E-state index is 0.602. The molecule has 0 saturated carbocycles. The van der Waals surface area contributed by atoms with Gasteiger partial charge in [-0.1, -0.05) is 60.7 Å². The molecule has 4 aromatic rings. The van der Waals surface area contributed by atoms with Crippen LogP contribution >= 0.6 is 0 Å². The Hall–Kier alpha value is -3.42. The van der Waals surface area contributed by atoms with Crippen LogP contribution in [0.25, 0.3) is 0 Å². The summed E-state index contributed by atoms with van der Waals surface area (Å²) in [5.74, 6) is 0. The Morgan fingerprint density at radius 1 is 0.556 bits per heavy atom. The van der Waals surface area contributed by atoms with Gasteiger partial charge in [0.2, 0.25) is 0 Å². The lowest BCUT2D eigenvalue weighted by Crippen LogP contribution is -2.63. The van der Waals surface area contributed by atoms with Crippen molar-refractivity contribution in [2.24, 2.45) is 0 Å². The third kappa shape index (κ3) is 3.83. The molecule has 0 bridgehead atoms. The summed E-state index contributed by atoms with van der Waals surface area (Å²) < 4.78 is 13.9. The Bertz CT molecular complexity index is 1160. The monoisotopic (exact) mass is 478 g/mol. The maximum absolute atomic E-state index is 6.93. The molecule has 0 radical (unpaired) electrons. The standard InChI is InChI=1S/C30H30N4O2/c1-3-7-25(8-4-1)23-33-19-21-35-29(33,27-11-15-31-16-12-27)30(28-13-17-32-18-14-28)34(20-22-36-30)24-26-9-5-2-6-10-26/h1-18H,19-24H2. The van der Waals surface area contributed by atoms with Gasteiger partial charge in [0.05, 0.1) is 13.2 Å². The van der Waals surface area contributed by atoms with Gasteiger partial charge in [-0.3, -0.25) is 19.8 Å². The maximum atomic E-state index is 6.93. The van der Waals surface area contributed by atoms with Crippen LogP contribution in [0.1, 0.15) is 22.3 Å². The van der Waals surface area contributed by atoms with E-state index in [1.165, 1.54) is 11.1 Å². The van der Waals surface area contributed by atoms with Crippen molar-refractivity contribution in [1.82, 2.24) is 19.8 Å². The predicted molar refractivity (Wildman–Crippen MR) is 137 cm³/mol. The number of hydrogen-bond donors (Lipinski definition) is 0. The highest BCUT2D eigenvalue weighted by atomic mass is 16.6. The molecule has 182 valence electrons. The lowest BCUT2D eigenvalue weighted by atomic mass is 9.83. The number of pyridine rings is 2. The van der Waals surface area contributed by atoms with E-state index in [4.69, 9.17) is 9.47 Å². The van der Waals surface area contributed by atoms with E-state index in [0.717, 1.165) is 37.3 Å². The molecular weight excluding hydrogens is 448 g/mol. The van der Waals surface area contributed by atoms with Crippen molar-refractivity contribution in [2.75, 3.05) is 26.3 Å². The highest BCUT2D eigenvalue weighted by molar-refractivity contribution is 5.35. The SMILES string of the molecule is c1ccc(CN2CCOC2(c2ccncc2)C2(c3ccncc3)OCCN2Cc2ccccc2)cc1. The maximum Gasteiger partial charge on any atom is 0.196 e. The Kier molecular flexibility index (Phi) is 6.34. The number of aromatic nitrogens is 2. The molecule has 6 heteroatoms. The van der Waals surface area contributed by atoms with E-state index in [9.17, 15) is 0 Å². The van der Waals surface area contributed by atoms with Crippen LogP contribution in [0.4, 0.5) is 0 Å². The molecule has 0 spiro atoms. The van der Waals surface area contributed by atoms with Gasteiger partial charge in [0.1, 0.15) is 0 Å². The van der Waals surface area contributed by atoms with E-state index in [1.807, 2.05) is 24.8 Å². The first-order chi connectivity index (χ1) is 17.8. The van der Waals surface area contributed by atoms with Gasteiger partial charge in [0.15, 0.2) is 11.4 Å². The second kappa shape index (κ2) is 9.91. The van der Waals surface area contributed by atoms with Crippen LogP contribution < -0.4 is 0 Å². The minimum atomic E-state index is -0.890. The molecule has 2 aliphatic rings. The number of benzene rings is 2. The fourth-order valence-electron chi connectivity index (χ4n) is 5.80. The van der Waals surface area contributed by atoms with Crippen LogP contribution in [0, 0.1) is 0 Å². The van der Waals surface area contributed by atoms with E-state index in [2.05, 4.69) is 105 Å². The van der Waals surface area contributed by atoms with Crippen LogP contribution in [-0.4, -0.2) is 46.1 Å². The fraction of sp³-hybridized carbons (Fsp3) is 0.267. The smallest absolute Gasteiger partial charge is 0.196 e. The van der Waals surface area contributed by atoms with E-state index in [0.29, 0.717) is 13.2 Å². The molecular formula is C30H30N4O2. The highest BCUT2D eigenvalue weighted by Crippen LogP contribution is 2.55. The summed E-state index contributed by atoms with van der Waals surface area (Å²) in [5.41, 5.74) is 2.75. The zero-order valence-corrected chi connectivity index (χ0v) is 20.2. The molecule has 2 aliphatic heterocycles. The summed E-state index contributed by atoms with van der Waals surface area (Å²) in [4.78, 5) is 13.5. The molecule has 2 aromatic carbocycles. The largest absolute Gasteiger partial charge is 0.350 e. The second-order valence-electron chi connectivity index (χ2n) is 9.27. The fourth-order valence-corrected chi connectivity index (χ4v) is 5.80. The topological polar surface area (TPSA) is 50.7 Å². The Morgan fingerprint density at radius 3 is 1.33 bits per heavy atom. The molecule has 0 aliphatic carbocycles. The van der Waals surface area contributed by atoms with Crippen LogP contribution in [0.2, 0.25) is 0 Å². The van der Waals surface area contributed by atoms with Gasteiger partial charge >= 0.3 is 0 Å². The van der Waals surface area contributed by atoms with Crippen molar-refractivity contribution in [1.29, 1.82) is 0 Å². The van der Waals surface area contributed by atoms with Crippen LogP contribution in [0.3, 0.4) is 0 Å². The highest BCUT2D eigenvalue weighted by Gasteiger charge is 2.66. The number of hydrogen-bond acceptors (Lipinski definition) is 6. The lowest BCUT2D eigenvalue weighted by Gasteiger charge is -2.53. The van der Waals surface area contributed by atoms with Crippen LogP contribution in [-0.2, 0) is 34.0 Å². The zero-order chi connectivity index (χ0) is 24.3. The van der Waals surface area contributed by atoms with Gasteiger partial charge < -0.3 is 9.47 Å². The van der Waals surface area contributed by atoms with Gasteiger partial charge in [-0.05, 0) is 35.4 Å². The number of ether oxygens (including phenoxy) is 2. The average molecular weight is 479 g/mol. The van der Waals surface area contributed by atoms with Crippen LogP contribution in [0.5, 0.6) is 0 Å². The quantitative estimate of drug-likeness (QED) is 0.389. The van der Waals surface area contributed by atoms with Gasteiger partial charge in [-0.2, -0.15) is 0 Å². The van der Waals surface area contributed by atoms with E-state index < -0.39 is 11.4 Å². The number of rotatable bonds is 7. The lowest BCUT2D eigenvalue weighted by molar-refractivity contribution is -0.287. The summed E-state index contributed by atoms with van der Waals surface area (Å²) >= 11 is 0. The molecule has 6 rings (SSSR count). The first-order valence-corrected chi connectivity index (χ1v) is 12.5. The van der Waals surface area contributed by atoms with Gasteiger partial charge in [-0.15, -0.1) is 0 Å². The summed E-state index contributed by atoms with van der Waals surface area (Å²) in [7, 11) is 0. The summed E-state index contributed by atoms with van der Waals surface area (Å²) in [5, 5.41) is 0. The minimum Gasteiger partial charge on any atom is -0.350 e. The Labute approximate surface area is 212 Å². The molecule has 36 heavy (non-hydrogen) atoms. The first-order valence-electron chi connectivity index (χ1n) is 12.5. The second-order valence-corrected chi connectivity index (χ2v) is 9.27. The third-order valence-corrected chi connectivity index (χ3v) is 7.27. The normalized spacial score (nSPS) is 24.8. The Morgan fingerprint density at radius 2 is 0.944 bits per heavy atom. The zero-order valence-electron chi connectivity index (χ0n) is 20.2. The molecule has 0 amide bonds. The van der Waals surface area contributed by atoms with Crippen molar-refractivity contribution in [3.05, 3.63) is 132 Å². The molecule has 0 N–H and O–H groups in total. The molecule has 2 unspecified atom stereocenters. The van der Waals surface area contributed by atoms with Crippen molar-refractivity contribution in [2.45, 2.75) is 24.5 Å². The molecule has 6 nitrogen and oxygen atoms in total. The van der Waals surface area contributed by atoms with E-state index in [1.54, 1.807) is 0 Å². The molecule has 2 atom stereocenters. The molecule has 2 saturated heterocycles.